The zero-order valence-electron chi connectivity index (χ0n) is 9.92. The van der Waals surface area contributed by atoms with Gasteiger partial charge in [0.15, 0.2) is 0 Å². The van der Waals surface area contributed by atoms with Crippen LogP contribution < -0.4 is 0 Å². The van der Waals surface area contributed by atoms with Gasteiger partial charge in [-0.3, -0.25) is 0 Å². The van der Waals surface area contributed by atoms with Gasteiger partial charge in [-0.15, -0.1) is 0 Å². The van der Waals surface area contributed by atoms with Crippen molar-refractivity contribution in [2.75, 3.05) is 20.1 Å². The molecule has 2 heteroatoms. The molecule has 14 heavy (non-hydrogen) atoms. The summed E-state index contributed by atoms with van der Waals surface area (Å²) in [5.41, 5.74) is -0.460. The molecule has 2 nitrogen and oxygen atoms in total. The first kappa shape index (κ1) is 12.0. The Hall–Kier alpha value is -0.0800. The molecule has 1 N–H and O–H groups in total. The van der Waals surface area contributed by atoms with E-state index < -0.39 is 5.60 Å². The normalized spacial score (nSPS) is 18.6. The Kier molecular flexibility index (Phi) is 4.39. The molecule has 1 rings (SSSR count). The fourth-order valence-electron chi connectivity index (χ4n) is 2.16. The maximum Gasteiger partial charge on any atom is 0.0768 e. The van der Waals surface area contributed by atoms with Crippen LogP contribution in [-0.2, 0) is 0 Å². The zero-order valence-corrected chi connectivity index (χ0v) is 9.92. The second-order valence-corrected chi connectivity index (χ2v) is 4.93. The van der Waals surface area contributed by atoms with E-state index >= 15 is 0 Å². The molecule has 0 unspecified atom stereocenters. The minimum atomic E-state index is -0.460. The molecule has 1 saturated carbocycles. The third kappa shape index (κ3) is 3.25. The topological polar surface area (TPSA) is 23.5 Å². The minimum absolute atomic E-state index is 0.460. The summed E-state index contributed by atoms with van der Waals surface area (Å²) in [5.74, 6) is 0.901. The van der Waals surface area contributed by atoms with Crippen LogP contribution in [0.25, 0.3) is 0 Å². The SMILES string of the molecule is CCC(O)(CC)CN(C)CC1CCC1. The van der Waals surface area contributed by atoms with Gasteiger partial charge in [0.25, 0.3) is 0 Å². The molecule has 0 aromatic heterocycles. The van der Waals surface area contributed by atoms with Crippen LogP contribution in [-0.4, -0.2) is 35.7 Å². The van der Waals surface area contributed by atoms with E-state index in [1.165, 1.54) is 25.8 Å². The third-order valence-corrected chi connectivity index (χ3v) is 3.68. The molecule has 1 fully saturated rings. The lowest BCUT2D eigenvalue weighted by atomic mass is 9.85. The fraction of sp³-hybridized carbons (Fsp3) is 1.00. The van der Waals surface area contributed by atoms with Gasteiger partial charge in [0, 0.05) is 13.1 Å². The number of nitrogens with zero attached hydrogens (tertiary/aromatic N) is 1. The lowest BCUT2D eigenvalue weighted by Crippen LogP contribution is -2.43. The highest BCUT2D eigenvalue weighted by atomic mass is 16.3. The fourth-order valence-corrected chi connectivity index (χ4v) is 2.16. The Labute approximate surface area is 88.3 Å². The van der Waals surface area contributed by atoms with E-state index in [9.17, 15) is 5.11 Å². The first-order chi connectivity index (χ1) is 6.59. The van der Waals surface area contributed by atoms with Crippen molar-refractivity contribution in [3.8, 4) is 0 Å². The minimum Gasteiger partial charge on any atom is -0.389 e. The van der Waals surface area contributed by atoms with Gasteiger partial charge in [0.1, 0.15) is 0 Å². The van der Waals surface area contributed by atoms with Crippen molar-refractivity contribution in [3.05, 3.63) is 0 Å². The van der Waals surface area contributed by atoms with Crippen molar-refractivity contribution in [3.63, 3.8) is 0 Å². The molecular formula is C12H25NO. The molecule has 0 aliphatic heterocycles. The molecular weight excluding hydrogens is 174 g/mol. The maximum absolute atomic E-state index is 10.2. The van der Waals surface area contributed by atoms with E-state index in [-0.39, 0.29) is 0 Å². The highest BCUT2D eigenvalue weighted by Crippen LogP contribution is 2.27. The van der Waals surface area contributed by atoms with Crippen molar-refractivity contribution < 1.29 is 5.11 Å². The van der Waals surface area contributed by atoms with Crippen LogP contribution >= 0.6 is 0 Å². The summed E-state index contributed by atoms with van der Waals surface area (Å²) in [5, 5.41) is 10.2. The summed E-state index contributed by atoms with van der Waals surface area (Å²) in [6.45, 7) is 6.14. The summed E-state index contributed by atoms with van der Waals surface area (Å²) < 4.78 is 0. The molecule has 0 amide bonds. The Balaban J connectivity index is 2.26. The summed E-state index contributed by atoms with van der Waals surface area (Å²) in [7, 11) is 2.13. The van der Waals surface area contributed by atoms with Crippen LogP contribution in [0, 0.1) is 5.92 Å². The van der Waals surface area contributed by atoms with E-state index in [2.05, 4.69) is 25.8 Å². The van der Waals surface area contributed by atoms with E-state index in [0.717, 1.165) is 25.3 Å². The molecule has 0 aromatic carbocycles. The van der Waals surface area contributed by atoms with Crippen LogP contribution in [0.3, 0.4) is 0 Å². The largest absolute Gasteiger partial charge is 0.389 e. The summed E-state index contributed by atoms with van der Waals surface area (Å²) >= 11 is 0. The van der Waals surface area contributed by atoms with Gasteiger partial charge in [-0.2, -0.15) is 0 Å². The molecule has 84 valence electrons. The van der Waals surface area contributed by atoms with E-state index in [4.69, 9.17) is 0 Å². The van der Waals surface area contributed by atoms with Crippen molar-refractivity contribution in [1.29, 1.82) is 0 Å². The van der Waals surface area contributed by atoms with Gasteiger partial charge < -0.3 is 10.0 Å². The highest BCUT2D eigenvalue weighted by Gasteiger charge is 2.26. The standard InChI is InChI=1S/C12H25NO/c1-4-12(14,5-2)10-13(3)9-11-7-6-8-11/h11,14H,4-10H2,1-3H3. The average molecular weight is 199 g/mol. The molecule has 1 aliphatic rings. The predicted octanol–water partition coefficient (Wildman–Crippen LogP) is 2.27. The molecule has 0 bridgehead atoms. The molecule has 0 spiro atoms. The average Bonchev–Trinajstić information content (AvgIpc) is 2.11. The molecule has 0 aromatic rings. The zero-order chi connectivity index (χ0) is 10.6. The van der Waals surface area contributed by atoms with Gasteiger partial charge in [0.2, 0.25) is 0 Å². The van der Waals surface area contributed by atoms with Gasteiger partial charge in [-0.05, 0) is 38.6 Å². The first-order valence-electron chi connectivity index (χ1n) is 6.00. The highest BCUT2D eigenvalue weighted by molar-refractivity contribution is 4.80. The monoisotopic (exact) mass is 199 g/mol. The molecule has 0 heterocycles. The van der Waals surface area contributed by atoms with Crippen LogP contribution in [0.15, 0.2) is 0 Å². The van der Waals surface area contributed by atoms with Crippen molar-refractivity contribution in [1.82, 2.24) is 4.90 Å². The number of likely N-dealkylation sites (N-methyl/N-ethyl adjacent to an activating group) is 1. The predicted molar refractivity (Wildman–Crippen MR) is 60.4 cm³/mol. The first-order valence-corrected chi connectivity index (χ1v) is 6.00. The Morgan fingerprint density at radius 2 is 1.86 bits per heavy atom. The van der Waals surface area contributed by atoms with Crippen molar-refractivity contribution in [2.24, 2.45) is 5.92 Å². The second-order valence-electron chi connectivity index (χ2n) is 4.93. The van der Waals surface area contributed by atoms with Gasteiger partial charge >= 0.3 is 0 Å². The van der Waals surface area contributed by atoms with Crippen LogP contribution in [0.4, 0.5) is 0 Å². The van der Waals surface area contributed by atoms with Crippen LogP contribution in [0.1, 0.15) is 46.0 Å². The van der Waals surface area contributed by atoms with E-state index in [1.54, 1.807) is 0 Å². The number of aliphatic hydroxyl groups is 1. The second kappa shape index (κ2) is 5.13. The van der Waals surface area contributed by atoms with Gasteiger partial charge in [-0.25, -0.2) is 0 Å². The van der Waals surface area contributed by atoms with Gasteiger partial charge in [-0.1, -0.05) is 20.3 Å². The van der Waals surface area contributed by atoms with Crippen LogP contribution in [0.2, 0.25) is 0 Å². The summed E-state index contributed by atoms with van der Waals surface area (Å²) in [6.07, 6.45) is 5.91. The molecule has 0 atom stereocenters. The molecule has 1 aliphatic carbocycles. The Bertz CT molecular complexity index is 162. The molecule has 0 saturated heterocycles. The quantitative estimate of drug-likeness (QED) is 0.709. The number of rotatable bonds is 6. The van der Waals surface area contributed by atoms with E-state index in [0.29, 0.717) is 0 Å². The lowest BCUT2D eigenvalue weighted by Gasteiger charge is -2.35. The maximum atomic E-state index is 10.2. The Morgan fingerprint density at radius 3 is 2.21 bits per heavy atom. The third-order valence-electron chi connectivity index (χ3n) is 3.68. The molecule has 0 radical (unpaired) electrons. The number of hydrogen-bond donors (Lipinski definition) is 1. The van der Waals surface area contributed by atoms with Gasteiger partial charge in [0.05, 0.1) is 5.60 Å². The summed E-state index contributed by atoms with van der Waals surface area (Å²) in [4.78, 5) is 2.30. The summed E-state index contributed by atoms with van der Waals surface area (Å²) in [6, 6.07) is 0. The van der Waals surface area contributed by atoms with Crippen LogP contribution in [0.5, 0.6) is 0 Å². The van der Waals surface area contributed by atoms with E-state index in [1.807, 2.05) is 0 Å². The Morgan fingerprint density at radius 1 is 1.29 bits per heavy atom. The lowest BCUT2D eigenvalue weighted by molar-refractivity contribution is -0.00281. The number of hydrogen-bond acceptors (Lipinski definition) is 2. The smallest absolute Gasteiger partial charge is 0.0768 e. The van der Waals surface area contributed by atoms with Crippen molar-refractivity contribution in [2.45, 2.75) is 51.6 Å². The van der Waals surface area contributed by atoms with Crippen molar-refractivity contribution >= 4 is 0 Å².